The summed E-state index contributed by atoms with van der Waals surface area (Å²) < 4.78 is 33.1. The molecule has 0 spiro atoms. The molecule has 1 aromatic carbocycles. The first-order chi connectivity index (χ1) is 13.3. The number of nitrogens with zero attached hydrogens (tertiary/aromatic N) is 2. The molecular weight excluding hydrogens is 386 g/mol. The smallest absolute Gasteiger partial charge is 0.307 e. The Morgan fingerprint density at radius 1 is 1.32 bits per heavy atom. The maximum atomic E-state index is 12.1. The van der Waals surface area contributed by atoms with Crippen LogP contribution < -0.4 is 5.32 Å². The van der Waals surface area contributed by atoms with Crippen molar-refractivity contribution in [2.45, 2.75) is 38.3 Å². The van der Waals surface area contributed by atoms with E-state index >= 15 is 0 Å². The van der Waals surface area contributed by atoms with Crippen molar-refractivity contribution in [1.82, 2.24) is 15.5 Å². The van der Waals surface area contributed by atoms with Gasteiger partial charge in [0.2, 0.25) is 11.7 Å². The molecule has 1 amide bonds. The van der Waals surface area contributed by atoms with E-state index in [9.17, 15) is 18.0 Å². The molecule has 10 heteroatoms. The van der Waals surface area contributed by atoms with E-state index in [1.165, 1.54) is 6.92 Å². The van der Waals surface area contributed by atoms with Gasteiger partial charge >= 0.3 is 5.97 Å². The largest absolute Gasteiger partial charge is 0.453 e. The van der Waals surface area contributed by atoms with Crippen molar-refractivity contribution >= 4 is 21.7 Å². The second-order valence-corrected chi connectivity index (χ2v) is 8.85. The molecule has 1 saturated heterocycles. The first-order valence-corrected chi connectivity index (χ1v) is 10.7. The van der Waals surface area contributed by atoms with Crippen molar-refractivity contribution in [2.75, 3.05) is 11.5 Å². The number of ether oxygens (including phenoxy) is 1. The van der Waals surface area contributed by atoms with Gasteiger partial charge in [-0.2, -0.15) is 4.98 Å². The molecule has 0 radical (unpaired) electrons. The van der Waals surface area contributed by atoms with Gasteiger partial charge in [0.15, 0.2) is 15.9 Å². The lowest BCUT2D eigenvalue weighted by Gasteiger charge is -2.16. The second kappa shape index (κ2) is 8.51. The minimum Gasteiger partial charge on any atom is -0.453 e. The van der Waals surface area contributed by atoms with Gasteiger partial charge in [-0.25, -0.2) is 8.42 Å². The number of esters is 1. The standard InChI is InChI=1S/C18H21N3O6S/c1-12(18(23)19-14-9-10-28(24,25)11-14)26-16(22)8-7-15-20-17(21-27-15)13-5-3-2-4-6-13/h2-6,12,14H,7-11H2,1H3,(H,19,23)/t12-,14+/m0/s1. The first kappa shape index (κ1) is 20.0. The lowest BCUT2D eigenvalue weighted by molar-refractivity contribution is -0.155. The zero-order chi connectivity index (χ0) is 20.1. The molecule has 1 aromatic heterocycles. The highest BCUT2D eigenvalue weighted by Gasteiger charge is 2.30. The van der Waals surface area contributed by atoms with E-state index in [-0.39, 0.29) is 24.3 Å². The lowest BCUT2D eigenvalue weighted by atomic mass is 10.2. The molecule has 2 atom stereocenters. The zero-order valence-corrected chi connectivity index (χ0v) is 16.1. The minimum absolute atomic E-state index is 0.0220. The normalized spacial score (nSPS) is 19.1. The van der Waals surface area contributed by atoms with Gasteiger partial charge in [-0.1, -0.05) is 35.5 Å². The van der Waals surface area contributed by atoms with Crippen molar-refractivity contribution in [3.8, 4) is 11.4 Å². The molecule has 1 fully saturated rings. The van der Waals surface area contributed by atoms with Crippen LogP contribution in [0.3, 0.4) is 0 Å². The molecule has 0 unspecified atom stereocenters. The fourth-order valence-electron chi connectivity index (χ4n) is 2.81. The van der Waals surface area contributed by atoms with Crippen molar-refractivity contribution in [3.63, 3.8) is 0 Å². The monoisotopic (exact) mass is 407 g/mol. The number of amides is 1. The van der Waals surface area contributed by atoms with Crippen molar-refractivity contribution in [2.24, 2.45) is 0 Å². The van der Waals surface area contributed by atoms with Gasteiger partial charge in [0.05, 0.1) is 17.9 Å². The van der Waals surface area contributed by atoms with Crippen LogP contribution >= 0.6 is 0 Å². The van der Waals surface area contributed by atoms with Gasteiger partial charge in [0.1, 0.15) is 0 Å². The Morgan fingerprint density at radius 2 is 2.07 bits per heavy atom. The number of benzene rings is 1. The van der Waals surface area contributed by atoms with Gasteiger partial charge in [-0.05, 0) is 13.3 Å². The Labute approximate surface area is 162 Å². The number of hydrogen-bond donors (Lipinski definition) is 1. The lowest BCUT2D eigenvalue weighted by Crippen LogP contribution is -2.42. The second-order valence-electron chi connectivity index (χ2n) is 6.62. The van der Waals surface area contributed by atoms with E-state index in [0.29, 0.717) is 18.1 Å². The fourth-order valence-corrected chi connectivity index (χ4v) is 4.48. The molecule has 2 heterocycles. The number of carbonyl (C=O) groups excluding carboxylic acids is 2. The first-order valence-electron chi connectivity index (χ1n) is 8.91. The van der Waals surface area contributed by atoms with Gasteiger partial charge in [-0.3, -0.25) is 9.59 Å². The highest BCUT2D eigenvalue weighted by Crippen LogP contribution is 2.16. The van der Waals surface area contributed by atoms with Gasteiger partial charge in [0.25, 0.3) is 5.91 Å². The van der Waals surface area contributed by atoms with Crippen LogP contribution in [0.5, 0.6) is 0 Å². The van der Waals surface area contributed by atoms with Crippen LogP contribution in [0.1, 0.15) is 25.7 Å². The molecule has 3 rings (SSSR count). The predicted octanol–water partition coefficient (Wildman–Crippen LogP) is 0.904. The van der Waals surface area contributed by atoms with Crippen LogP contribution in [0.4, 0.5) is 0 Å². The SMILES string of the molecule is C[C@H](OC(=O)CCc1nc(-c2ccccc2)no1)C(=O)N[C@@H]1CCS(=O)(=O)C1. The summed E-state index contributed by atoms with van der Waals surface area (Å²) in [4.78, 5) is 28.2. The predicted molar refractivity (Wildman–Crippen MR) is 98.8 cm³/mol. The maximum Gasteiger partial charge on any atom is 0.307 e. The van der Waals surface area contributed by atoms with Crippen LogP contribution in [-0.2, 0) is 30.6 Å². The van der Waals surface area contributed by atoms with E-state index in [1.54, 1.807) is 0 Å². The Bertz CT molecular complexity index is 941. The van der Waals surface area contributed by atoms with Crippen LogP contribution in [-0.4, -0.2) is 54.1 Å². The van der Waals surface area contributed by atoms with Crippen LogP contribution in [0, 0.1) is 0 Å². The third-order valence-corrected chi connectivity index (χ3v) is 6.07. The number of rotatable bonds is 7. The van der Waals surface area contributed by atoms with E-state index in [4.69, 9.17) is 9.26 Å². The van der Waals surface area contributed by atoms with Crippen molar-refractivity contribution in [1.29, 1.82) is 0 Å². The molecule has 0 saturated carbocycles. The van der Waals surface area contributed by atoms with Crippen molar-refractivity contribution < 1.29 is 27.3 Å². The number of sulfone groups is 1. The summed E-state index contributed by atoms with van der Waals surface area (Å²) in [7, 11) is -3.09. The van der Waals surface area contributed by atoms with Crippen LogP contribution in [0.2, 0.25) is 0 Å². The Hall–Kier alpha value is -2.75. The molecule has 9 nitrogen and oxygen atoms in total. The summed E-state index contributed by atoms with van der Waals surface area (Å²) in [5.74, 6) is -0.394. The van der Waals surface area contributed by atoms with Crippen LogP contribution in [0.15, 0.2) is 34.9 Å². The summed E-state index contributed by atoms with van der Waals surface area (Å²) in [5.41, 5.74) is 0.805. The van der Waals surface area contributed by atoms with Gasteiger partial charge in [-0.15, -0.1) is 0 Å². The molecule has 1 aliphatic rings. The summed E-state index contributed by atoms with van der Waals surface area (Å²) in [5, 5.41) is 6.47. The highest BCUT2D eigenvalue weighted by molar-refractivity contribution is 7.91. The third-order valence-electron chi connectivity index (χ3n) is 4.30. The zero-order valence-electron chi connectivity index (χ0n) is 15.3. The Morgan fingerprint density at radius 3 is 2.75 bits per heavy atom. The van der Waals surface area contributed by atoms with Crippen LogP contribution in [0.25, 0.3) is 11.4 Å². The average molecular weight is 407 g/mol. The topological polar surface area (TPSA) is 128 Å². The maximum absolute atomic E-state index is 12.1. The average Bonchev–Trinajstić information content (AvgIpc) is 3.27. The van der Waals surface area contributed by atoms with E-state index in [2.05, 4.69) is 15.5 Å². The summed E-state index contributed by atoms with van der Waals surface area (Å²) in [6.07, 6.45) is -0.478. The van der Waals surface area contributed by atoms with E-state index in [1.807, 2.05) is 30.3 Å². The molecule has 1 aliphatic heterocycles. The summed E-state index contributed by atoms with van der Waals surface area (Å²) >= 11 is 0. The van der Waals surface area contributed by atoms with E-state index in [0.717, 1.165) is 5.56 Å². The molecule has 150 valence electrons. The quantitative estimate of drug-likeness (QED) is 0.671. The molecule has 1 N–H and O–H groups in total. The molecule has 28 heavy (non-hydrogen) atoms. The van der Waals surface area contributed by atoms with E-state index < -0.39 is 33.9 Å². The number of hydrogen-bond acceptors (Lipinski definition) is 8. The summed E-state index contributed by atoms with van der Waals surface area (Å²) in [6, 6.07) is 8.85. The fraction of sp³-hybridized carbons (Fsp3) is 0.444. The number of nitrogens with one attached hydrogen (secondary N) is 1. The molecule has 2 aromatic rings. The number of aryl methyl sites for hydroxylation is 1. The molecular formula is C18H21N3O6S. The third kappa shape index (κ3) is 5.38. The van der Waals surface area contributed by atoms with Gasteiger partial charge in [0, 0.05) is 18.0 Å². The molecule has 0 bridgehead atoms. The Kier molecular flexibility index (Phi) is 6.08. The number of carbonyl (C=O) groups is 2. The highest BCUT2D eigenvalue weighted by atomic mass is 32.2. The Balaban J connectivity index is 1.44. The minimum atomic E-state index is -3.09. The van der Waals surface area contributed by atoms with Crippen molar-refractivity contribution in [3.05, 3.63) is 36.2 Å². The molecule has 0 aliphatic carbocycles. The number of aromatic nitrogens is 2. The van der Waals surface area contributed by atoms with Gasteiger partial charge < -0.3 is 14.6 Å². The summed E-state index contributed by atoms with van der Waals surface area (Å²) in [6.45, 7) is 1.44.